The predicted octanol–water partition coefficient (Wildman–Crippen LogP) is 7.70. The Balaban J connectivity index is 1.46. The lowest BCUT2D eigenvalue weighted by atomic mass is 9.62. The molecule has 0 aromatic heterocycles. The van der Waals surface area contributed by atoms with Gasteiger partial charge in [-0.05, 0) is 92.5 Å². The molecule has 0 N–H and O–H groups in total. The van der Waals surface area contributed by atoms with Crippen LogP contribution < -0.4 is 9.47 Å². The number of likely N-dealkylation sites (tertiary alicyclic amines) is 1. The Morgan fingerprint density at radius 1 is 1.06 bits per heavy atom. The first-order valence-corrected chi connectivity index (χ1v) is 13.2. The van der Waals surface area contributed by atoms with E-state index in [1.165, 1.54) is 38.5 Å². The van der Waals surface area contributed by atoms with E-state index < -0.39 is 0 Å². The summed E-state index contributed by atoms with van der Waals surface area (Å²) < 4.78 is 11.5. The van der Waals surface area contributed by atoms with E-state index in [2.05, 4.69) is 61.7 Å². The summed E-state index contributed by atoms with van der Waals surface area (Å²) in [7, 11) is 1.70. The molecule has 0 amide bonds. The number of benzene rings is 2. The Morgan fingerprint density at radius 3 is 2.47 bits per heavy atom. The molecular formula is C31H43NO2. The molecule has 1 saturated heterocycles. The number of ether oxygens (including phenoxy) is 2. The number of methoxy groups -OCH3 is 1. The first-order chi connectivity index (χ1) is 16.3. The van der Waals surface area contributed by atoms with Crippen molar-refractivity contribution in [2.24, 2.45) is 11.3 Å². The van der Waals surface area contributed by atoms with Crippen molar-refractivity contribution in [3.8, 4) is 11.5 Å². The number of nitrogens with zero attached hydrogens (tertiary/aromatic N) is 1. The third kappa shape index (κ3) is 5.45. The molecule has 2 aliphatic rings. The van der Waals surface area contributed by atoms with Crippen LogP contribution in [-0.4, -0.2) is 31.2 Å². The molecule has 1 unspecified atom stereocenters. The highest BCUT2D eigenvalue weighted by atomic mass is 16.5. The van der Waals surface area contributed by atoms with Crippen molar-refractivity contribution in [3.05, 3.63) is 65.7 Å². The van der Waals surface area contributed by atoms with Gasteiger partial charge in [-0.25, -0.2) is 0 Å². The zero-order valence-corrected chi connectivity index (χ0v) is 21.9. The average Bonchev–Trinajstić information content (AvgIpc) is 2.82. The van der Waals surface area contributed by atoms with Crippen LogP contribution in [0.3, 0.4) is 0 Å². The molecule has 1 fully saturated rings. The molecule has 1 aliphatic carbocycles. The van der Waals surface area contributed by atoms with E-state index in [0.29, 0.717) is 11.3 Å². The normalized spacial score (nSPS) is 19.4. The fourth-order valence-electron chi connectivity index (χ4n) is 6.01. The molecular weight excluding hydrogens is 418 g/mol. The van der Waals surface area contributed by atoms with Gasteiger partial charge in [0.2, 0.25) is 0 Å². The van der Waals surface area contributed by atoms with Gasteiger partial charge in [0.1, 0.15) is 0 Å². The van der Waals surface area contributed by atoms with Gasteiger partial charge in [-0.1, -0.05) is 51.1 Å². The first-order valence-electron chi connectivity index (χ1n) is 13.2. The summed E-state index contributed by atoms with van der Waals surface area (Å²) in [6.45, 7) is 15.4. The van der Waals surface area contributed by atoms with Crippen molar-refractivity contribution >= 4 is 5.70 Å². The van der Waals surface area contributed by atoms with Crippen LogP contribution in [0.1, 0.15) is 82.4 Å². The molecule has 0 saturated carbocycles. The van der Waals surface area contributed by atoms with Gasteiger partial charge < -0.3 is 14.4 Å². The second-order valence-electron chi connectivity index (χ2n) is 11.2. The van der Waals surface area contributed by atoms with Crippen LogP contribution in [0, 0.1) is 11.3 Å². The second-order valence-corrected chi connectivity index (χ2v) is 11.2. The van der Waals surface area contributed by atoms with Crippen molar-refractivity contribution in [1.82, 2.24) is 4.90 Å². The topological polar surface area (TPSA) is 21.7 Å². The molecule has 1 heterocycles. The second kappa shape index (κ2) is 10.5. The van der Waals surface area contributed by atoms with E-state index in [0.717, 1.165) is 41.8 Å². The summed E-state index contributed by atoms with van der Waals surface area (Å²) in [5, 5.41) is 0. The van der Waals surface area contributed by atoms with Crippen molar-refractivity contribution in [2.45, 2.75) is 78.2 Å². The van der Waals surface area contributed by atoms with Gasteiger partial charge in [0, 0.05) is 24.4 Å². The third-order valence-corrected chi connectivity index (χ3v) is 7.90. The van der Waals surface area contributed by atoms with E-state index >= 15 is 0 Å². The maximum absolute atomic E-state index is 5.90. The van der Waals surface area contributed by atoms with Crippen molar-refractivity contribution in [3.63, 3.8) is 0 Å². The fraction of sp³-hybridized carbons (Fsp3) is 0.548. The Labute approximate surface area is 207 Å². The summed E-state index contributed by atoms with van der Waals surface area (Å²) in [4.78, 5) is 2.48. The zero-order chi connectivity index (χ0) is 24.3. The van der Waals surface area contributed by atoms with Crippen LogP contribution >= 0.6 is 0 Å². The Kier molecular flexibility index (Phi) is 7.60. The van der Waals surface area contributed by atoms with Gasteiger partial charge in [0.05, 0.1) is 13.2 Å². The summed E-state index contributed by atoms with van der Waals surface area (Å²) in [5.41, 5.74) is 5.86. The molecule has 2 aromatic rings. The van der Waals surface area contributed by atoms with Crippen LogP contribution in [-0.2, 0) is 6.42 Å². The minimum Gasteiger partial charge on any atom is -0.493 e. The van der Waals surface area contributed by atoms with Gasteiger partial charge in [-0.2, -0.15) is 0 Å². The minimum absolute atomic E-state index is 0.117. The fourth-order valence-corrected chi connectivity index (χ4v) is 6.01. The third-order valence-electron chi connectivity index (χ3n) is 7.90. The highest BCUT2D eigenvalue weighted by molar-refractivity contribution is 5.65. The lowest BCUT2D eigenvalue weighted by Gasteiger charge is -2.48. The van der Waals surface area contributed by atoms with Gasteiger partial charge in [-0.15, -0.1) is 0 Å². The van der Waals surface area contributed by atoms with Gasteiger partial charge in [0.15, 0.2) is 11.5 Å². The standard InChI is InChI=1S/C31H43NO2/c1-22(2)11-12-27-21-31(20-26-9-7-8-10-28(26)27)15-17-32(18-16-31)24(5)25-13-14-29(34-23(3)4)30(19-25)33-6/h7-10,13-14,19,22-23,27H,5,11-12,15-18,20-21H2,1-4,6H3. The van der Waals surface area contributed by atoms with E-state index in [9.17, 15) is 0 Å². The smallest absolute Gasteiger partial charge is 0.161 e. The highest BCUT2D eigenvalue weighted by Gasteiger charge is 2.41. The van der Waals surface area contributed by atoms with Crippen LogP contribution in [0.2, 0.25) is 0 Å². The lowest BCUT2D eigenvalue weighted by molar-refractivity contribution is 0.108. The maximum Gasteiger partial charge on any atom is 0.161 e. The highest BCUT2D eigenvalue weighted by Crippen LogP contribution is 2.50. The Morgan fingerprint density at radius 2 is 1.79 bits per heavy atom. The summed E-state index contributed by atoms with van der Waals surface area (Å²) >= 11 is 0. The summed E-state index contributed by atoms with van der Waals surface area (Å²) in [6.07, 6.45) is 7.80. The minimum atomic E-state index is 0.117. The largest absolute Gasteiger partial charge is 0.493 e. The molecule has 4 rings (SSSR count). The average molecular weight is 462 g/mol. The molecule has 3 nitrogen and oxygen atoms in total. The number of rotatable bonds is 8. The summed E-state index contributed by atoms with van der Waals surface area (Å²) in [6, 6.07) is 15.4. The monoisotopic (exact) mass is 461 g/mol. The van der Waals surface area contributed by atoms with E-state index in [1.54, 1.807) is 18.2 Å². The first kappa shape index (κ1) is 24.7. The van der Waals surface area contributed by atoms with Crippen LogP contribution in [0.5, 0.6) is 11.5 Å². The Hall–Kier alpha value is -2.42. The van der Waals surface area contributed by atoms with Crippen molar-refractivity contribution < 1.29 is 9.47 Å². The van der Waals surface area contributed by atoms with Crippen LogP contribution in [0.25, 0.3) is 5.70 Å². The van der Waals surface area contributed by atoms with Gasteiger partial charge >= 0.3 is 0 Å². The molecule has 0 bridgehead atoms. The molecule has 184 valence electrons. The molecule has 3 heteroatoms. The number of fused-ring (bicyclic) bond motifs is 1. The van der Waals surface area contributed by atoms with E-state index in [4.69, 9.17) is 9.47 Å². The predicted molar refractivity (Wildman–Crippen MR) is 143 cm³/mol. The van der Waals surface area contributed by atoms with E-state index in [1.807, 2.05) is 19.9 Å². The zero-order valence-electron chi connectivity index (χ0n) is 21.9. The molecule has 2 aromatic carbocycles. The molecule has 1 aliphatic heterocycles. The maximum atomic E-state index is 5.90. The van der Waals surface area contributed by atoms with Crippen molar-refractivity contribution in [2.75, 3.05) is 20.2 Å². The van der Waals surface area contributed by atoms with Gasteiger partial charge in [0.25, 0.3) is 0 Å². The lowest BCUT2D eigenvalue weighted by Crippen LogP contribution is -2.42. The SMILES string of the molecule is C=C(c1ccc(OC(C)C)c(OC)c1)N1CCC2(CC1)Cc1ccccc1C(CCC(C)C)C2. The molecule has 34 heavy (non-hydrogen) atoms. The molecule has 1 atom stereocenters. The molecule has 1 spiro atoms. The van der Waals surface area contributed by atoms with E-state index in [-0.39, 0.29) is 6.10 Å². The van der Waals surface area contributed by atoms with Crippen molar-refractivity contribution in [1.29, 1.82) is 0 Å². The number of hydrogen-bond acceptors (Lipinski definition) is 3. The summed E-state index contributed by atoms with van der Waals surface area (Å²) in [5.74, 6) is 3.04. The van der Waals surface area contributed by atoms with Crippen LogP contribution in [0.4, 0.5) is 0 Å². The Bertz CT molecular complexity index is 985. The quantitative estimate of drug-likeness (QED) is 0.402. The molecule has 0 radical (unpaired) electrons. The number of piperidine rings is 1. The van der Waals surface area contributed by atoms with Crippen LogP contribution in [0.15, 0.2) is 49.0 Å². The number of hydrogen-bond donors (Lipinski definition) is 0. The van der Waals surface area contributed by atoms with Gasteiger partial charge in [-0.3, -0.25) is 0 Å².